The average Bonchev–Trinajstić information content (AvgIpc) is 2.87. The number of aromatic nitrogens is 2. The number of aromatic carboxylic acids is 1. The molecule has 0 bridgehead atoms. The fourth-order valence-corrected chi connectivity index (χ4v) is 1.33. The lowest BCUT2D eigenvalue weighted by atomic mass is 10.5. The number of hydrogen-bond acceptors (Lipinski definition) is 3. The van der Waals surface area contributed by atoms with Crippen LogP contribution in [-0.2, 0) is 13.6 Å². The molecule has 0 saturated heterocycles. The third-order valence-electron chi connectivity index (χ3n) is 2.43. The molecule has 1 fully saturated rings. The van der Waals surface area contributed by atoms with Gasteiger partial charge in [-0.05, 0) is 12.8 Å². The summed E-state index contributed by atoms with van der Waals surface area (Å²) < 4.78 is 1.61. The fourth-order valence-electron chi connectivity index (χ4n) is 1.33. The molecule has 0 aliphatic heterocycles. The van der Waals surface area contributed by atoms with E-state index in [0.29, 0.717) is 12.6 Å². The summed E-state index contributed by atoms with van der Waals surface area (Å²) in [7, 11) is 1.72. The maximum Gasteiger partial charge on any atom is 0.354 e. The van der Waals surface area contributed by atoms with Gasteiger partial charge in [0.2, 0.25) is 0 Å². The van der Waals surface area contributed by atoms with Crippen molar-refractivity contribution in [3.05, 3.63) is 17.7 Å². The molecule has 2 N–H and O–H groups in total. The zero-order valence-electron chi connectivity index (χ0n) is 8.03. The van der Waals surface area contributed by atoms with Crippen molar-refractivity contribution in [2.75, 3.05) is 0 Å². The summed E-state index contributed by atoms with van der Waals surface area (Å²) in [4.78, 5) is 14.8. The largest absolute Gasteiger partial charge is 0.477 e. The number of nitrogens with one attached hydrogen (secondary N) is 1. The standard InChI is InChI=1S/C9H13N3O2/c1-12-7(9(13)14)4-11-8(12)5-10-6-2-3-6/h4,6,10H,2-3,5H2,1H3,(H,13,14). The number of hydrogen-bond donors (Lipinski definition) is 2. The molecule has 0 aromatic carbocycles. The Labute approximate surface area is 81.8 Å². The van der Waals surface area contributed by atoms with Gasteiger partial charge in [-0.15, -0.1) is 0 Å². The van der Waals surface area contributed by atoms with Crippen LogP contribution in [0.2, 0.25) is 0 Å². The van der Waals surface area contributed by atoms with Crippen LogP contribution in [0.4, 0.5) is 0 Å². The van der Waals surface area contributed by atoms with Gasteiger partial charge in [0.15, 0.2) is 0 Å². The zero-order valence-corrected chi connectivity index (χ0v) is 8.03. The summed E-state index contributed by atoms with van der Waals surface area (Å²) in [5, 5.41) is 12.1. The third-order valence-corrected chi connectivity index (χ3v) is 2.43. The van der Waals surface area contributed by atoms with Crippen LogP contribution in [0.1, 0.15) is 29.2 Å². The molecule has 76 valence electrons. The van der Waals surface area contributed by atoms with E-state index >= 15 is 0 Å². The summed E-state index contributed by atoms with van der Waals surface area (Å²) in [6.07, 6.45) is 3.83. The first kappa shape index (κ1) is 9.21. The molecule has 14 heavy (non-hydrogen) atoms. The summed E-state index contributed by atoms with van der Waals surface area (Å²) in [5.74, 6) is -0.160. The van der Waals surface area contributed by atoms with Gasteiger partial charge in [-0.25, -0.2) is 9.78 Å². The SMILES string of the molecule is Cn1c(C(=O)O)cnc1CNC1CC1. The van der Waals surface area contributed by atoms with Crippen LogP contribution >= 0.6 is 0 Å². The Balaban J connectivity index is 2.05. The predicted octanol–water partition coefficient (Wildman–Crippen LogP) is 0.370. The minimum atomic E-state index is -0.933. The molecule has 0 amide bonds. The van der Waals surface area contributed by atoms with E-state index in [4.69, 9.17) is 5.11 Å². The molecule has 5 nitrogen and oxygen atoms in total. The van der Waals surface area contributed by atoms with Crippen molar-refractivity contribution in [2.45, 2.75) is 25.4 Å². The van der Waals surface area contributed by atoms with Crippen LogP contribution in [0.15, 0.2) is 6.20 Å². The van der Waals surface area contributed by atoms with Gasteiger partial charge < -0.3 is 15.0 Å². The maximum atomic E-state index is 10.7. The lowest BCUT2D eigenvalue weighted by molar-refractivity contribution is 0.0686. The first-order chi connectivity index (χ1) is 6.68. The second-order valence-electron chi connectivity index (χ2n) is 3.58. The van der Waals surface area contributed by atoms with Gasteiger partial charge in [0, 0.05) is 13.1 Å². The van der Waals surface area contributed by atoms with Gasteiger partial charge in [-0.2, -0.15) is 0 Å². The van der Waals surface area contributed by atoms with Gasteiger partial charge in [-0.1, -0.05) is 0 Å². The Morgan fingerprint density at radius 2 is 2.50 bits per heavy atom. The van der Waals surface area contributed by atoms with E-state index in [1.54, 1.807) is 11.6 Å². The van der Waals surface area contributed by atoms with Crippen LogP contribution in [-0.4, -0.2) is 26.7 Å². The molecule has 2 rings (SSSR count). The van der Waals surface area contributed by atoms with Gasteiger partial charge in [-0.3, -0.25) is 0 Å². The van der Waals surface area contributed by atoms with E-state index in [9.17, 15) is 4.79 Å². The van der Waals surface area contributed by atoms with Gasteiger partial charge in [0.1, 0.15) is 11.5 Å². The number of rotatable bonds is 4. The van der Waals surface area contributed by atoms with Gasteiger partial charge in [0.25, 0.3) is 0 Å². The molecule has 1 saturated carbocycles. The highest BCUT2D eigenvalue weighted by molar-refractivity contribution is 5.85. The Morgan fingerprint density at radius 1 is 1.79 bits per heavy atom. The van der Waals surface area contributed by atoms with Crippen molar-refractivity contribution in [3.63, 3.8) is 0 Å². The molecular formula is C9H13N3O2. The normalized spacial score (nSPS) is 15.8. The molecule has 1 aromatic heterocycles. The molecule has 5 heteroatoms. The Hall–Kier alpha value is -1.36. The van der Waals surface area contributed by atoms with Crippen LogP contribution in [0.5, 0.6) is 0 Å². The molecule has 0 spiro atoms. The summed E-state index contributed by atoms with van der Waals surface area (Å²) in [6.45, 7) is 0.647. The van der Waals surface area contributed by atoms with E-state index in [1.807, 2.05) is 0 Å². The molecule has 0 radical (unpaired) electrons. The highest BCUT2D eigenvalue weighted by Gasteiger charge is 2.21. The maximum absolute atomic E-state index is 10.7. The van der Waals surface area contributed by atoms with Crippen molar-refractivity contribution >= 4 is 5.97 Å². The topological polar surface area (TPSA) is 67.2 Å². The van der Waals surface area contributed by atoms with E-state index in [-0.39, 0.29) is 5.69 Å². The quantitative estimate of drug-likeness (QED) is 0.728. The molecular weight excluding hydrogens is 182 g/mol. The first-order valence-electron chi connectivity index (χ1n) is 4.65. The number of carboxylic acid groups (broad SMARTS) is 1. The van der Waals surface area contributed by atoms with E-state index in [1.165, 1.54) is 19.0 Å². The van der Waals surface area contributed by atoms with Crippen molar-refractivity contribution in [3.8, 4) is 0 Å². The summed E-state index contributed by atoms with van der Waals surface area (Å²) in [5.41, 5.74) is 0.234. The highest BCUT2D eigenvalue weighted by atomic mass is 16.4. The zero-order chi connectivity index (χ0) is 10.1. The van der Waals surface area contributed by atoms with E-state index in [0.717, 1.165) is 5.82 Å². The number of nitrogens with zero attached hydrogens (tertiary/aromatic N) is 2. The van der Waals surface area contributed by atoms with Crippen molar-refractivity contribution in [1.82, 2.24) is 14.9 Å². The van der Waals surface area contributed by atoms with Crippen molar-refractivity contribution in [2.24, 2.45) is 7.05 Å². The molecule has 1 aliphatic carbocycles. The third kappa shape index (κ3) is 1.77. The fraction of sp³-hybridized carbons (Fsp3) is 0.556. The van der Waals surface area contributed by atoms with Crippen LogP contribution in [0, 0.1) is 0 Å². The van der Waals surface area contributed by atoms with Crippen LogP contribution < -0.4 is 5.32 Å². The Bertz CT molecular complexity index is 355. The highest BCUT2D eigenvalue weighted by Crippen LogP contribution is 2.19. The van der Waals surface area contributed by atoms with Crippen LogP contribution in [0.3, 0.4) is 0 Å². The number of carboxylic acids is 1. The number of imidazole rings is 1. The predicted molar refractivity (Wildman–Crippen MR) is 50.0 cm³/mol. The lowest BCUT2D eigenvalue weighted by Crippen LogP contribution is -2.19. The Kier molecular flexibility index (Phi) is 2.25. The molecule has 1 heterocycles. The smallest absolute Gasteiger partial charge is 0.354 e. The average molecular weight is 195 g/mol. The molecule has 1 aromatic rings. The summed E-state index contributed by atoms with van der Waals surface area (Å²) >= 11 is 0. The number of carbonyl (C=O) groups is 1. The Morgan fingerprint density at radius 3 is 3.00 bits per heavy atom. The van der Waals surface area contributed by atoms with E-state index < -0.39 is 5.97 Å². The lowest BCUT2D eigenvalue weighted by Gasteiger charge is -2.03. The summed E-state index contributed by atoms with van der Waals surface area (Å²) in [6, 6.07) is 0.611. The second-order valence-corrected chi connectivity index (χ2v) is 3.58. The monoisotopic (exact) mass is 195 g/mol. The van der Waals surface area contributed by atoms with Crippen molar-refractivity contribution < 1.29 is 9.90 Å². The first-order valence-corrected chi connectivity index (χ1v) is 4.65. The van der Waals surface area contributed by atoms with Crippen molar-refractivity contribution in [1.29, 1.82) is 0 Å². The minimum absolute atomic E-state index is 0.234. The molecule has 1 aliphatic rings. The van der Waals surface area contributed by atoms with E-state index in [2.05, 4.69) is 10.3 Å². The second kappa shape index (κ2) is 3.42. The van der Waals surface area contributed by atoms with Gasteiger partial charge in [0.05, 0.1) is 12.7 Å². The molecule has 0 atom stereocenters. The molecule has 0 unspecified atom stereocenters. The minimum Gasteiger partial charge on any atom is -0.477 e. The van der Waals surface area contributed by atoms with Gasteiger partial charge >= 0.3 is 5.97 Å². The van der Waals surface area contributed by atoms with Crippen LogP contribution in [0.25, 0.3) is 0 Å².